The van der Waals surface area contributed by atoms with Gasteiger partial charge in [0.25, 0.3) is 0 Å². The Hall–Kier alpha value is -1.89. The lowest BCUT2D eigenvalue weighted by Gasteiger charge is -2.10. The SMILES string of the molecule is CN=C(NCCCc1nc(C)cs1)NCc1cc(C(C)C)no1. The Kier molecular flexibility index (Phi) is 6.58. The summed E-state index contributed by atoms with van der Waals surface area (Å²) in [4.78, 5) is 8.68. The highest BCUT2D eigenvalue weighted by Gasteiger charge is 2.08. The lowest BCUT2D eigenvalue weighted by atomic mass is 10.1. The summed E-state index contributed by atoms with van der Waals surface area (Å²) in [6.45, 7) is 7.65. The molecule has 0 radical (unpaired) electrons. The van der Waals surface area contributed by atoms with E-state index >= 15 is 0 Å². The van der Waals surface area contributed by atoms with Gasteiger partial charge in [0.15, 0.2) is 11.7 Å². The standard InChI is InChI=1S/C16H25N5OS/c1-11(2)14-8-13(22-21-14)9-19-16(17-4)18-7-5-6-15-20-12(3)10-23-15/h8,10-11H,5-7,9H2,1-4H3,(H2,17,18,19). The lowest BCUT2D eigenvalue weighted by molar-refractivity contribution is 0.372. The molecule has 2 N–H and O–H groups in total. The van der Waals surface area contributed by atoms with Crippen molar-refractivity contribution in [1.82, 2.24) is 20.8 Å². The van der Waals surface area contributed by atoms with Gasteiger partial charge in [-0.2, -0.15) is 0 Å². The average Bonchev–Trinajstić information content (AvgIpc) is 3.15. The van der Waals surface area contributed by atoms with Gasteiger partial charge >= 0.3 is 0 Å². The summed E-state index contributed by atoms with van der Waals surface area (Å²) in [5.74, 6) is 1.96. The van der Waals surface area contributed by atoms with Crippen LogP contribution in [0.1, 0.15) is 48.3 Å². The van der Waals surface area contributed by atoms with Gasteiger partial charge in [0.05, 0.1) is 17.2 Å². The van der Waals surface area contributed by atoms with Crippen molar-refractivity contribution < 1.29 is 4.52 Å². The van der Waals surface area contributed by atoms with Gasteiger partial charge in [0, 0.05) is 37.2 Å². The number of aliphatic imine (C=N–C) groups is 1. The van der Waals surface area contributed by atoms with E-state index in [2.05, 4.69) is 45.0 Å². The fraction of sp³-hybridized carbons (Fsp3) is 0.562. The summed E-state index contributed by atoms with van der Waals surface area (Å²) in [6.07, 6.45) is 2.01. The Morgan fingerprint density at radius 3 is 2.83 bits per heavy atom. The van der Waals surface area contributed by atoms with Crippen LogP contribution in [0.4, 0.5) is 0 Å². The summed E-state index contributed by atoms with van der Waals surface area (Å²) < 4.78 is 5.30. The van der Waals surface area contributed by atoms with Gasteiger partial charge in [-0.05, 0) is 19.3 Å². The van der Waals surface area contributed by atoms with Gasteiger partial charge in [-0.25, -0.2) is 4.98 Å². The first-order valence-electron chi connectivity index (χ1n) is 7.89. The number of hydrogen-bond donors (Lipinski definition) is 2. The average molecular weight is 335 g/mol. The molecule has 2 rings (SSSR count). The van der Waals surface area contributed by atoms with Crippen molar-refractivity contribution in [3.8, 4) is 0 Å². The summed E-state index contributed by atoms with van der Waals surface area (Å²) >= 11 is 1.72. The first-order chi connectivity index (χ1) is 11.1. The van der Waals surface area contributed by atoms with Crippen LogP contribution in [-0.2, 0) is 13.0 Å². The predicted molar refractivity (Wildman–Crippen MR) is 94.0 cm³/mol. The molecule has 0 atom stereocenters. The van der Waals surface area contributed by atoms with Gasteiger partial charge in [-0.15, -0.1) is 11.3 Å². The maximum absolute atomic E-state index is 5.30. The number of nitrogens with one attached hydrogen (secondary N) is 2. The van der Waals surface area contributed by atoms with Gasteiger partial charge in [0.1, 0.15) is 0 Å². The van der Waals surface area contributed by atoms with Gasteiger partial charge in [0.2, 0.25) is 0 Å². The molecule has 0 aromatic carbocycles. The molecule has 0 fully saturated rings. The van der Waals surface area contributed by atoms with E-state index in [0.29, 0.717) is 12.5 Å². The van der Waals surface area contributed by atoms with Crippen molar-refractivity contribution in [3.05, 3.63) is 33.6 Å². The zero-order valence-corrected chi connectivity index (χ0v) is 15.0. The Bertz CT molecular complexity index is 632. The second kappa shape index (κ2) is 8.67. The van der Waals surface area contributed by atoms with Gasteiger partial charge in [-0.3, -0.25) is 4.99 Å². The fourth-order valence-corrected chi connectivity index (χ4v) is 2.86. The molecule has 0 saturated carbocycles. The minimum Gasteiger partial charge on any atom is -0.359 e. The molecule has 2 heterocycles. The van der Waals surface area contributed by atoms with Gasteiger partial charge < -0.3 is 15.2 Å². The quantitative estimate of drug-likeness (QED) is 0.462. The Morgan fingerprint density at radius 2 is 2.22 bits per heavy atom. The highest BCUT2D eigenvalue weighted by molar-refractivity contribution is 7.09. The lowest BCUT2D eigenvalue weighted by Crippen LogP contribution is -2.37. The molecule has 0 amide bonds. The highest BCUT2D eigenvalue weighted by atomic mass is 32.1. The summed E-state index contributed by atoms with van der Waals surface area (Å²) in [7, 11) is 1.76. The molecule has 0 unspecified atom stereocenters. The van der Waals surface area contributed by atoms with E-state index in [1.54, 1.807) is 18.4 Å². The van der Waals surface area contributed by atoms with E-state index in [1.807, 2.05) is 13.0 Å². The molecule has 2 aromatic heterocycles. The molecule has 126 valence electrons. The van der Waals surface area contributed by atoms with Crippen molar-refractivity contribution in [1.29, 1.82) is 0 Å². The molecule has 0 aliphatic rings. The van der Waals surface area contributed by atoms with Crippen molar-refractivity contribution in [2.24, 2.45) is 4.99 Å². The largest absolute Gasteiger partial charge is 0.359 e. The molecule has 23 heavy (non-hydrogen) atoms. The van der Waals surface area contributed by atoms with E-state index in [9.17, 15) is 0 Å². The van der Waals surface area contributed by atoms with Crippen molar-refractivity contribution >= 4 is 17.3 Å². The third-order valence-corrected chi connectivity index (χ3v) is 4.38. The number of guanidine groups is 1. The summed E-state index contributed by atoms with van der Waals surface area (Å²) in [5, 5.41) is 13.9. The molecule has 0 bridgehead atoms. The molecular formula is C16H25N5OS. The number of aromatic nitrogens is 2. The Morgan fingerprint density at radius 1 is 1.39 bits per heavy atom. The highest BCUT2D eigenvalue weighted by Crippen LogP contribution is 2.13. The van der Waals surface area contributed by atoms with Crippen LogP contribution in [0.3, 0.4) is 0 Å². The normalized spacial score (nSPS) is 12.0. The zero-order valence-electron chi connectivity index (χ0n) is 14.2. The predicted octanol–water partition coefficient (Wildman–Crippen LogP) is 2.86. The van der Waals surface area contributed by atoms with E-state index in [1.165, 1.54) is 5.01 Å². The van der Waals surface area contributed by atoms with E-state index in [-0.39, 0.29) is 0 Å². The van der Waals surface area contributed by atoms with Gasteiger partial charge in [-0.1, -0.05) is 19.0 Å². The van der Waals surface area contributed by atoms with Crippen LogP contribution in [0, 0.1) is 6.92 Å². The third kappa shape index (κ3) is 5.67. The maximum Gasteiger partial charge on any atom is 0.191 e. The molecule has 7 heteroatoms. The van der Waals surface area contributed by atoms with Crippen molar-refractivity contribution in [2.75, 3.05) is 13.6 Å². The van der Waals surface area contributed by atoms with Crippen molar-refractivity contribution in [3.63, 3.8) is 0 Å². The van der Waals surface area contributed by atoms with Crippen LogP contribution in [-0.4, -0.2) is 29.7 Å². The van der Waals surface area contributed by atoms with Crippen molar-refractivity contribution in [2.45, 2.75) is 46.1 Å². The minimum atomic E-state index is 0.374. The molecule has 6 nitrogen and oxygen atoms in total. The first-order valence-corrected chi connectivity index (χ1v) is 8.77. The molecule has 0 spiro atoms. The number of rotatable bonds is 7. The number of thiazole rings is 1. The molecule has 0 aliphatic carbocycles. The topological polar surface area (TPSA) is 75.3 Å². The number of hydrogen-bond acceptors (Lipinski definition) is 5. The number of aryl methyl sites for hydroxylation is 2. The zero-order chi connectivity index (χ0) is 16.7. The summed E-state index contributed by atoms with van der Waals surface area (Å²) in [5.41, 5.74) is 2.08. The molecule has 0 saturated heterocycles. The Labute approximate surface area is 141 Å². The van der Waals surface area contributed by atoms with E-state index in [4.69, 9.17) is 4.52 Å². The molecular weight excluding hydrogens is 310 g/mol. The second-order valence-electron chi connectivity index (χ2n) is 5.71. The first kappa shape index (κ1) is 17.5. The molecule has 2 aromatic rings. The van der Waals surface area contributed by atoms with E-state index < -0.39 is 0 Å². The van der Waals surface area contributed by atoms with Crippen LogP contribution in [0.2, 0.25) is 0 Å². The van der Waals surface area contributed by atoms with Crippen LogP contribution < -0.4 is 10.6 Å². The third-order valence-electron chi connectivity index (χ3n) is 3.35. The minimum absolute atomic E-state index is 0.374. The van der Waals surface area contributed by atoms with E-state index in [0.717, 1.165) is 42.5 Å². The Balaban J connectivity index is 1.68. The van der Waals surface area contributed by atoms with Crippen LogP contribution >= 0.6 is 11.3 Å². The number of nitrogens with zero attached hydrogens (tertiary/aromatic N) is 3. The van der Waals surface area contributed by atoms with Crippen LogP contribution in [0.25, 0.3) is 0 Å². The maximum atomic E-state index is 5.30. The summed E-state index contributed by atoms with van der Waals surface area (Å²) in [6, 6.07) is 1.98. The molecule has 0 aliphatic heterocycles. The second-order valence-corrected chi connectivity index (χ2v) is 6.65. The smallest absolute Gasteiger partial charge is 0.191 e. The monoisotopic (exact) mass is 335 g/mol. The van der Waals surface area contributed by atoms with Crippen LogP contribution in [0.15, 0.2) is 21.0 Å². The fourth-order valence-electron chi connectivity index (χ4n) is 2.04. The van der Waals surface area contributed by atoms with Crippen LogP contribution in [0.5, 0.6) is 0 Å².